The second kappa shape index (κ2) is 6.34. The van der Waals surface area contributed by atoms with Gasteiger partial charge in [-0.2, -0.15) is 0 Å². The lowest BCUT2D eigenvalue weighted by atomic mass is 10.1. The van der Waals surface area contributed by atoms with Gasteiger partial charge in [-0.15, -0.1) is 0 Å². The zero-order valence-electron chi connectivity index (χ0n) is 11.3. The molecule has 1 unspecified atom stereocenters. The second-order valence-corrected chi connectivity index (χ2v) is 6.81. The van der Waals surface area contributed by atoms with Crippen molar-refractivity contribution in [1.82, 2.24) is 0 Å². The van der Waals surface area contributed by atoms with Gasteiger partial charge in [-0.1, -0.05) is 0 Å². The van der Waals surface area contributed by atoms with Gasteiger partial charge in [-0.3, -0.25) is 13.8 Å². The smallest absolute Gasteiger partial charge is 0.303 e. The number of amides is 1. The molecule has 21 heavy (non-hydrogen) atoms. The first-order chi connectivity index (χ1) is 9.88. The van der Waals surface area contributed by atoms with Gasteiger partial charge >= 0.3 is 5.97 Å². The summed E-state index contributed by atoms with van der Waals surface area (Å²) in [5, 5.41) is 11.3. The van der Waals surface area contributed by atoms with Gasteiger partial charge < -0.3 is 10.4 Å². The first-order valence-corrected chi connectivity index (χ1v) is 8.00. The van der Waals surface area contributed by atoms with Crippen LogP contribution in [0.1, 0.15) is 19.3 Å². The average molecular weight is 313 g/mol. The first-order valence-electron chi connectivity index (χ1n) is 6.51. The molecule has 1 aliphatic rings. The Labute approximate surface area is 124 Å². The van der Waals surface area contributed by atoms with Crippen molar-refractivity contribution in [2.45, 2.75) is 19.3 Å². The number of hydrogen-bond donors (Lipinski definition) is 2. The first kappa shape index (κ1) is 15.6. The molecule has 0 bridgehead atoms. The average Bonchev–Trinajstić information content (AvgIpc) is 3.10. The molecule has 2 N–H and O–H groups in total. The van der Waals surface area contributed by atoms with Gasteiger partial charge in [0.15, 0.2) is 0 Å². The second-order valence-electron chi connectivity index (χ2n) is 5.35. The van der Waals surface area contributed by atoms with E-state index in [2.05, 4.69) is 5.32 Å². The molecule has 1 aromatic carbocycles. The maximum atomic E-state index is 12.7. The summed E-state index contributed by atoms with van der Waals surface area (Å²) >= 11 is 0. The Bertz CT molecular complexity index is 569. The summed E-state index contributed by atoms with van der Waals surface area (Å²) in [6, 6.07) is 5.28. The summed E-state index contributed by atoms with van der Waals surface area (Å²) in [5.41, 5.74) is 0.0393. The zero-order valence-corrected chi connectivity index (χ0v) is 12.1. The minimum atomic E-state index is -1.40. The van der Waals surface area contributed by atoms with Crippen molar-refractivity contribution < 1.29 is 23.3 Å². The Balaban J connectivity index is 1.81. The minimum Gasteiger partial charge on any atom is -0.481 e. The Kier molecular flexibility index (Phi) is 4.72. The minimum absolute atomic E-state index is 0.00167. The molecule has 0 aromatic heterocycles. The van der Waals surface area contributed by atoms with Gasteiger partial charge in [0.2, 0.25) is 5.91 Å². The van der Waals surface area contributed by atoms with Crippen LogP contribution < -0.4 is 5.32 Å². The normalized spacial score (nSPS) is 17.0. The van der Waals surface area contributed by atoms with E-state index in [1.54, 1.807) is 0 Å². The van der Waals surface area contributed by atoms with Gasteiger partial charge in [0.1, 0.15) is 11.6 Å². The van der Waals surface area contributed by atoms with Crippen LogP contribution in [0, 0.1) is 11.2 Å². The topological polar surface area (TPSA) is 83.5 Å². The van der Waals surface area contributed by atoms with E-state index < -0.39 is 33.9 Å². The molecule has 1 amide bonds. The number of rotatable bonds is 7. The van der Waals surface area contributed by atoms with E-state index in [-0.39, 0.29) is 17.9 Å². The number of carboxylic acid groups (broad SMARTS) is 1. The third-order valence-corrected chi connectivity index (χ3v) is 4.89. The van der Waals surface area contributed by atoms with Gasteiger partial charge in [0, 0.05) is 22.2 Å². The van der Waals surface area contributed by atoms with E-state index in [1.165, 1.54) is 24.3 Å². The maximum absolute atomic E-state index is 12.7. The number of carbonyl (C=O) groups excluding carboxylic acids is 1. The molecule has 5 nitrogen and oxygen atoms in total. The molecule has 1 aliphatic carbocycles. The monoisotopic (exact) mass is 313 g/mol. The van der Waals surface area contributed by atoms with Crippen LogP contribution in [-0.2, 0) is 20.4 Å². The van der Waals surface area contributed by atoms with Crippen molar-refractivity contribution in [3.63, 3.8) is 0 Å². The fourth-order valence-corrected chi connectivity index (χ4v) is 3.68. The predicted octanol–water partition coefficient (Wildman–Crippen LogP) is 1.77. The lowest BCUT2D eigenvalue weighted by Gasteiger charge is -2.11. The predicted molar refractivity (Wildman–Crippen MR) is 76.8 cm³/mol. The summed E-state index contributed by atoms with van der Waals surface area (Å²) in [6.07, 6.45) is 1.48. The number of carbonyl (C=O) groups is 2. The number of benzene rings is 1. The van der Waals surface area contributed by atoms with Crippen molar-refractivity contribution in [1.29, 1.82) is 0 Å². The number of anilines is 1. The van der Waals surface area contributed by atoms with Crippen LogP contribution in [-0.4, -0.2) is 32.7 Å². The van der Waals surface area contributed by atoms with Crippen LogP contribution >= 0.6 is 0 Å². The molecular weight excluding hydrogens is 297 g/mol. The lowest BCUT2D eigenvalue weighted by Crippen LogP contribution is -2.25. The van der Waals surface area contributed by atoms with Crippen molar-refractivity contribution in [3.8, 4) is 0 Å². The van der Waals surface area contributed by atoms with E-state index in [0.29, 0.717) is 5.69 Å². The number of carboxylic acids is 1. The molecule has 0 saturated heterocycles. The molecule has 1 aromatic rings. The highest BCUT2D eigenvalue weighted by atomic mass is 32.2. The number of hydrogen-bond acceptors (Lipinski definition) is 3. The van der Waals surface area contributed by atoms with E-state index in [4.69, 9.17) is 5.11 Å². The van der Waals surface area contributed by atoms with Gasteiger partial charge in [0.25, 0.3) is 0 Å². The standard InChI is InChI=1S/C14H16FNO4S/c15-10-1-3-11(4-2-10)16-12(17)8-21(20)9-14(5-6-14)7-13(18)19/h1-4H,5-9H2,(H,16,17)(H,18,19). The quantitative estimate of drug-likeness (QED) is 0.803. The number of aliphatic carboxylic acids is 1. The molecule has 0 aliphatic heterocycles. The van der Waals surface area contributed by atoms with Crippen LogP contribution in [0.2, 0.25) is 0 Å². The lowest BCUT2D eigenvalue weighted by molar-refractivity contribution is -0.138. The molecule has 114 valence electrons. The molecule has 0 spiro atoms. The summed E-state index contributed by atoms with van der Waals surface area (Å²) in [6.45, 7) is 0. The van der Waals surface area contributed by atoms with E-state index >= 15 is 0 Å². The van der Waals surface area contributed by atoms with Crippen molar-refractivity contribution >= 4 is 28.4 Å². The van der Waals surface area contributed by atoms with Gasteiger partial charge in [-0.25, -0.2) is 4.39 Å². The fourth-order valence-electron chi connectivity index (χ4n) is 2.14. The Morgan fingerprint density at radius 1 is 1.29 bits per heavy atom. The summed E-state index contributed by atoms with van der Waals surface area (Å²) < 4.78 is 24.7. The highest BCUT2D eigenvalue weighted by Gasteiger charge is 2.45. The largest absolute Gasteiger partial charge is 0.481 e. The molecule has 7 heteroatoms. The van der Waals surface area contributed by atoms with Crippen LogP contribution in [0.4, 0.5) is 10.1 Å². The van der Waals surface area contributed by atoms with Crippen molar-refractivity contribution in [3.05, 3.63) is 30.1 Å². The summed E-state index contributed by atoms with van der Waals surface area (Å²) in [4.78, 5) is 22.4. The molecule has 1 atom stereocenters. The van der Waals surface area contributed by atoms with E-state index in [0.717, 1.165) is 12.8 Å². The summed E-state index contributed by atoms with van der Waals surface area (Å²) in [7, 11) is -1.40. The molecule has 0 radical (unpaired) electrons. The van der Waals surface area contributed by atoms with E-state index in [9.17, 15) is 18.2 Å². The third-order valence-electron chi connectivity index (χ3n) is 3.37. The van der Waals surface area contributed by atoms with Gasteiger partial charge in [-0.05, 0) is 42.5 Å². The number of nitrogens with one attached hydrogen (secondary N) is 1. The van der Waals surface area contributed by atoms with Crippen LogP contribution in [0.5, 0.6) is 0 Å². The van der Waals surface area contributed by atoms with Crippen molar-refractivity contribution in [2.24, 2.45) is 5.41 Å². The van der Waals surface area contributed by atoms with Crippen molar-refractivity contribution in [2.75, 3.05) is 16.8 Å². The fraction of sp³-hybridized carbons (Fsp3) is 0.429. The Morgan fingerprint density at radius 2 is 1.90 bits per heavy atom. The van der Waals surface area contributed by atoms with Crippen LogP contribution in [0.3, 0.4) is 0 Å². The molecule has 0 heterocycles. The van der Waals surface area contributed by atoms with Crippen LogP contribution in [0.15, 0.2) is 24.3 Å². The summed E-state index contributed by atoms with van der Waals surface area (Å²) in [5.74, 6) is -1.68. The molecule has 2 rings (SSSR count). The maximum Gasteiger partial charge on any atom is 0.303 e. The van der Waals surface area contributed by atoms with Gasteiger partial charge in [0.05, 0.1) is 6.42 Å². The molecule has 1 fully saturated rings. The molecule has 1 saturated carbocycles. The van der Waals surface area contributed by atoms with E-state index in [1.807, 2.05) is 0 Å². The molecular formula is C14H16FNO4S. The SMILES string of the molecule is O=C(O)CC1(CS(=O)CC(=O)Nc2ccc(F)cc2)CC1. The Morgan fingerprint density at radius 3 is 2.43 bits per heavy atom. The van der Waals surface area contributed by atoms with Crippen LogP contribution in [0.25, 0.3) is 0 Å². The highest BCUT2D eigenvalue weighted by molar-refractivity contribution is 7.85. The highest BCUT2D eigenvalue weighted by Crippen LogP contribution is 2.49. The third kappa shape index (κ3) is 4.93. The Hall–Kier alpha value is -1.76. The zero-order chi connectivity index (χ0) is 15.5. The number of halogens is 1.